The van der Waals surface area contributed by atoms with Gasteiger partial charge in [0.15, 0.2) is 5.96 Å². The molecule has 1 fully saturated rings. The van der Waals surface area contributed by atoms with Crippen LogP contribution in [0.25, 0.3) is 0 Å². The molecule has 9 N–H and O–H groups in total. The molecular formula is C20H37N7O5S. The first-order chi connectivity index (χ1) is 15.5. The third-order valence-electron chi connectivity index (χ3n) is 5.72. The Morgan fingerprint density at radius 1 is 1.24 bits per heavy atom. The number of carboxylic acid groups (broad SMARTS) is 1. The maximum atomic E-state index is 13.1. The van der Waals surface area contributed by atoms with Crippen molar-refractivity contribution in [1.29, 1.82) is 0 Å². The number of amides is 3. The molecular weight excluding hydrogens is 450 g/mol. The molecule has 1 aliphatic rings. The van der Waals surface area contributed by atoms with Gasteiger partial charge in [-0.05, 0) is 31.6 Å². The smallest absolute Gasteiger partial charge is 0.326 e. The predicted octanol–water partition coefficient (Wildman–Crippen LogP) is -1.61. The molecule has 3 amide bonds. The molecule has 33 heavy (non-hydrogen) atoms. The van der Waals surface area contributed by atoms with E-state index in [9.17, 15) is 24.3 Å². The van der Waals surface area contributed by atoms with Crippen molar-refractivity contribution < 1.29 is 24.3 Å². The molecule has 0 aromatic carbocycles. The molecule has 1 rings (SSSR count). The quantitative estimate of drug-likeness (QED) is 0.0694. The fourth-order valence-corrected chi connectivity index (χ4v) is 3.80. The third-order valence-corrected chi connectivity index (χ3v) is 6.08. The molecule has 1 heterocycles. The van der Waals surface area contributed by atoms with E-state index < -0.39 is 47.9 Å². The van der Waals surface area contributed by atoms with Gasteiger partial charge in [0.1, 0.15) is 18.1 Å². The molecule has 1 saturated heterocycles. The number of aliphatic carboxylic acids is 1. The van der Waals surface area contributed by atoms with Crippen molar-refractivity contribution in [1.82, 2.24) is 15.5 Å². The summed E-state index contributed by atoms with van der Waals surface area (Å²) >= 11 is 4.18. The summed E-state index contributed by atoms with van der Waals surface area (Å²) in [6.45, 7) is 4.23. The minimum absolute atomic E-state index is 0.0146. The number of nitrogens with zero attached hydrogens (tertiary/aromatic N) is 2. The van der Waals surface area contributed by atoms with Gasteiger partial charge in [-0.3, -0.25) is 19.4 Å². The van der Waals surface area contributed by atoms with Crippen LogP contribution in [-0.4, -0.2) is 82.7 Å². The second kappa shape index (κ2) is 13.9. The monoisotopic (exact) mass is 487 g/mol. The summed E-state index contributed by atoms with van der Waals surface area (Å²) in [5.41, 5.74) is 16.4. The van der Waals surface area contributed by atoms with Gasteiger partial charge in [-0.1, -0.05) is 20.3 Å². The van der Waals surface area contributed by atoms with Gasteiger partial charge in [-0.25, -0.2) is 4.79 Å². The number of carbonyl (C=O) groups is 4. The molecule has 5 atom stereocenters. The van der Waals surface area contributed by atoms with Gasteiger partial charge in [0.2, 0.25) is 17.7 Å². The third kappa shape index (κ3) is 8.72. The Morgan fingerprint density at radius 3 is 2.45 bits per heavy atom. The van der Waals surface area contributed by atoms with Gasteiger partial charge in [0.25, 0.3) is 0 Å². The van der Waals surface area contributed by atoms with Crippen LogP contribution in [0.5, 0.6) is 0 Å². The number of guanidine groups is 1. The van der Waals surface area contributed by atoms with E-state index in [0.29, 0.717) is 45.2 Å². The maximum absolute atomic E-state index is 13.1. The second-order valence-electron chi connectivity index (χ2n) is 8.20. The lowest BCUT2D eigenvalue weighted by atomic mass is 9.98. The van der Waals surface area contributed by atoms with E-state index in [-0.39, 0.29) is 17.6 Å². The first-order valence-corrected chi connectivity index (χ1v) is 11.7. The average molecular weight is 488 g/mol. The summed E-state index contributed by atoms with van der Waals surface area (Å²) in [7, 11) is 0. The molecule has 0 saturated carbocycles. The minimum Gasteiger partial charge on any atom is -0.480 e. The number of carbonyl (C=O) groups excluding carboxylic acids is 3. The number of hydrogen-bond donors (Lipinski definition) is 7. The summed E-state index contributed by atoms with van der Waals surface area (Å²) < 4.78 is 0. The highest BCUT2D eigenvalue weighted by Gasteiger charge is 2.39. The summed E-state index contributed by atoms with van der Waals surface area (Å²) in [5, 5.41) is 14.6. The van der Waals surface area contributed by atoms with Crippen LogP contribution in [-0.2, 0) is 19.2 Å². The Labute approximate surface area is 199 Å². The van der Waals surface area contributed by atoms with Crippen molar-refractivity contribution >= 4 is 42.3 Å². The molecule has 0 aliphatic carbocycles. The number of nitrogens with one attached hydrogen (secondary N) is 2. The summed E-state index contributed by atoms with van der Waals surface area (Å²) in [4.78, 5) is 55.1. The molecule has 12 nitrogen and oxygen atoms in total. The number of thiol groups is 1. The van der Waals surface area contributed by atoms with Crippen LogP contribution >= 0.6 is 12.6 Å². The zero-order valence-electron chi connectivity index (χ0n) is 19.2. The fourth-order valence-electron chi connectivity index (χ4n) is 3.55. The molecule has 0 spiro atoms. The molecule has 0 aromatic heterocycles. The predicted molar refractivity (Wildman–Crippen MR) is 127 cm³/mol. The van der Waals surface area contributed by atoms with Crippen LogP contribution in [0.2, 0.25) is 0 Å². The van der Waals surface area contributed by atoms with E-state index in [1.807, 2.05) is 6.92 Å². The fraction of sp³-hybridized carbons (Fsp3) is 0.750. The van der Waals surface area contributed by atoms with E-state index in [2.05, 4.69) is 28.3 Å². The SMILES string of the molecule is CCC(C)C(NC(=O)C1CCCN1C(=O)C(CS)NC(=O)C(N)CCCN=C(N)N)C(=O)O. The minimum atomic E-state index is -1.12. The molecule has 0 bridgehead atoms. The van der Waals surface area contributed by atoms with E-state index in [0.717, 1.165) is 0 Å². The first kappa shape index (κ1) is 28.5. The topological polar surface area (TPSA) is 206 Å². The second-order valence-corrected chi connectivity index (χ2v) is 8.56. The molecule has 0 radical (unpaired) electrons. The van der Waals surface area contributed by atoms with Gasteiger partial charge in [0.05, 0.1) is 6.04 Å². The van der Waals surface area contributed by atoms with Crippen molar-refractivity contribution in [3.05, 3.63) is 0 Å². The number of likely N-dealkylation sites (tertiary alicyclic amines) is 1. The Morgan fingerprint density at radius 2 is 1.91 bits per heavy atom. The lowest BCUT2D eigenvalue weighted by Crippen LogP contribution is -2.57. The van der Waals surface area contributed by atoms with E-state index in [1.54, 1.807) is 6.92 Å². The maximum Gasteiger partial charge on any atom is 0.326 e. The summed E-state index contributed by atoms with van der Waals surface area (Å²) in [5.74, 6) is -2.92. The highest BCUT2D eigenvalue weighted by Crippen LogP contribution is 2.20. The van der Waals surface area contributed by atoms with E-state index >= 15 is 0 Å². The van der Waals surface area contributed by atoms with Crippen molar-refractivity contribution in [2.75, 3.05) is 18.8 Å². The number of aliphatic imine (C=N–C) groups is 1. The van der Waals surface area contributed by atoms with Gasteiger partial charge in [0, 0.05) is 18.8 Å². The van der Waals surface area contributed by atoms with Crippen LogP contribution in [0.3, 0.4) is 0 Å². The summed E-state index contributed by atoms with van der Waals surface area (Å²) in [6, 6.07) is -3.69. The van der Waals surface area contributed by atoms with Crippen molar-refractivity contribution in [3.8, 4) is 0 Å². The Kier molecular flexibility index (Phi) is 12.0. The van der Waals surface area contributed by atoms with Crippen molar-refractivity contribution in [3.63, 3.8) is 0 Å². The van der Waals surface area contributed by atoms with Crippen LogP contribution < -0.4 is 27.8 Å². The van der Waals surface area contributed by atoms with Gasteiger partial charge < -0.3 is 37.8 Å². The number of rotatable bonds is 13. The highest BCUT2D eigenvalue weighted by atomic mass is 32.1. The van der Waals surface area contributed by atoms with Crippen LogP contribution in [0.15, 0.2) is 4.99 Å². The highest BCUT2D eigenvalue weighted by molar-refractivity contribution is 7.80. The van der Waals surface area contributed by atoms with Crippen molar-refractivity contribution in [2.24, 2.45) is 28.1 Å². The number of carboxylic acids is 1. The Balaban J connectivity index is 2.76. The molecule has 13 heteroatoms. The van der Waals surface area contributed by atoms with Crippen molar-refractivity contribution in [2.45, 2.75) is 70.1 Å². The molecule has 1 aliphatic heterocycles. The lowest BCUT2D eigenvalue weighted by molar-refractivity contribution is -0.145. The Hall–Kier alpha value is -2.54. The number of hydrogen-bond acceptors (Lipinski definition) is 7. The van der Waals surface area contributed by atoms with E-state index in [1.165, 1.54) is 4.90 Å². The first-order valence-electron chi connectivity index (χ1n) is 11.1. The molecule has 188 valence electrons. The number of nitrogens with two attached hydrogens (primary N) is 3. The lowest BCUT2D eigenvalue weighted by Gasteiger charge is -2.30. The largest absolute Gasteiger partial charge is 0.480 e. The Bertz CT molecular complexity index is 732. The molecule has 5 unspecified atom stereocenters. The normalized spacial score (nSPS) is 19.2. The molecule has 0 aromatic rings. The van der Waals surface area contributed by atoms with Gasteiger partial charge in [-0.2, -0.15) is 12.6 Å². The van der Waals surface area contributed by atoms with Crippen LogP contribution in [0.4, 0.5) is 0 Å². The van der Waals surface area contributed by atoms with Gasteiger partial charge >= 0.3 is 5.97 Å². The zero-order chi connectivity index (χ0) is 25.1. The van der Waals surface area contributed by atoms with Crippen LogP contribution in [0, 0.1) is 5.92 Å². The van der Waals surface area contributed by atoms with E-state index in [4.69, 9.17) is 17.2 Å². The van der Waals surface area contributed by atoms with Crippen LogP contribution in [0.1, 0.15) is 46.0 Å². The zero-order valence-corrected chi connectivity index (χ0v) is 20.1. The summed E-state index contributed by atoms with van der Waals surface area (Å²) in [6.07, 6.45) is 2.37. The average Bonchev–Trinajstić information content (AvgIpc) is 3.26. The van der Waals surface area contributed by atoms with Gasteiger partial charge in [-0.15, -0.1) is 0 Å². The standard InChI is InChI=1S/C20H37N7O5S/c1-3-11(2)15(19(31)32)26-17(29)14-7-5-9-27(14)18(30)13(10-33)25-16(28)12(21)6-4-8-24-20(22)23/h11-15,33H,3-10,21H2,1-2H3,(H,25,28)(H,26,29)(H,31,32)(H4,22,23,24).